The molecule has 3 aromatic rings. The maximum Gasteiger partial charge on any atom is 0.0727 e. The number of rotatable bonds is 9. The third kappa shape index (κ3) is 6.54. The van der Waals surface area contributed by atoms with Crippen LogP contribution in [0.1, 0.15) is 16.7 Å². The normalized spacial score (nSPS) is 12.3. The highest BCUT2D eigenvalue weighted by molar-refractivity contribution is 14.1. The second-order valence-electron chi connectivity index (χ2n) is 6.96. The first-order valence-corrected chi connectivity index (χ1v) is 11.6. The fourth-order valence-electron chi connectivity index (χ4n) is 3.17. The van der Waals surface area contributed by atoms with Gasteiger partial charge in [-0.2, -0.15) is 0 Å². The fourth-order valence-corrected chi connectivity index (χ4v) is 4.27. The van der Waals surface area contributed by atoms with Crippen molar-refractivity contribution in [3.8, 4) is 0 Å². The number of likely N-dealkylation sites (N-methyl/N-ethyl adjacent to an activating group) is 1. The Kier molecular flexibility index (Phi) is 8.76. The van der Waals surface area contributed by atoms with Gasteiger partial charge in [-0.05, 0) is 87.5 Å². The average Bonchev–Trinajstić information content (AvgIpc) is 2.71. The molecule has 0 spiro atoms. The predicted octanol–water partition coefficient (Wildman–Crippen LogP) is 6.16. The Balaban J connectivity index is 1.67. The van der Waals surface area contributed by atoms with E-state index in [1.54, 1.807) is 0 Å². The topological polar surface area (TPSA) is 12.5 Å². The fraction of sp³-hybridized carbons (Fsp3) is 0.250. The number of ether oxygens (including phenoxy) is 1. The lowest BCUT2D eigenvalue weighted by Gasteiger charge is -2.29. The first-order chi connectivity index (χ1) is 13.6. The van der Waals surface area contributed by atoms with Crippen LogP contribution in [0, 0.1) is 7.14 Å². The second kappa shape index (κ2) is 11.3. The van der Waals surface area contributed by atoms with E-state index in [1.165, 1.54) is 23.8 Å². The van der Waals surface area contributed by atoms with Crippen molar-refractivity contribution in [2.75, 3.05) is 13.7 Å². The number of hydrogen-bond donors (Lipinski definition) is 0. The minimum absolute atomic E-state index is 0.319. The van der Waals surface area contributed by atoms with E-state index in [0.717, 1.165) is 13.0 Å². The lowest BCUT2D eigenvalue weighted by molar-refractivity contribution is 0.0570. The van der Waals surface area contributed by atoms with Crippen LogP contribution in [0.3, 0.4) is 0 Å². The molecule has 146 valence electrons. The Morgan fingerprint density at radius 3 is 2.00 bits per heavy atom. The van der Waals surface area contributed by atoms with E-state index in [0.29, 0.717) is 19.3 Å². The number of nitrogens with zero attached hydrogens (tertiary/aromatic N) is 1. The maximum absolute atomic E-state index is 6.18. The molecule has 0 saturated heterocycles. The molecule has 3 aromatic carbocycles. The second-order valence-corrected chi connectivity index (χ2v) is 9.28. The third-order valence-electron chi connectivity index (χ3n) is 4.84. The Bertz CT molecular complexity index is 869. The van der Waals surface area contributed by atoms with Crippen molar-refractivity contribution in [3.05, 3.63) is 103 Å². The third-order valence-corrected chi connectivity index (χ3v) is 6.95. The van der Waals surface area contributed by atoms with Gasteiger partial charge in [-0.3, -0.25) is 4.90 Å². The van der Waals surface area contributed by atoms with E-state index in [4.69, 9.17) is 4.74 Å². The van der Waals surface area contributed by atoms with Crippen molar-refractivity contribution >= 4 is 45.2 Å². The van der Waals surface area contributed by atoms with Crippen LogP contribution in [-0.4, -0.2) is 24.6 Å². The largest absolute Gasteiger partial charge is 0.375 e. The SMILES string of the molecule is CN(Cc1ccccc1I)C(COCc1ccccc1I)Cc1ccccc1. The lowest BCUT2D eigenvalue weighted by atomic mass is 10.0. The molecule has 1 atom stereocenters. The van der Waals surface area contributed by atoms with Crippen LogP contribution in [0.15, 0.2) is 78.9 Å². The Morgan fingerprint density at radius 2 is 1.36 bits per heavy atom. The van der Waals surface area contributed by atoms with E-state index in [2.05, 4.69) is 136 Å². The smallest absolute Gasteiger partial charge is 0.0727 e. The molecule has 0 radical (unpaired) electrons. The quantitative estimate of drug-likeness (QED) is 0.275. The molecule has 0 amide bonds. The molecule has 0 aliphatic heterocycles. The zero-order valence-corrected chi connectivity index (χ0v) is 20.3. The summed E-state index contributed by atoms with van der Waals surface area (Å²) in [6.45, 7) is 2.28. The van der Waals surface area contributed by atoms with Crippen molar-refractivity contribution < 1.29 is 4.74 Å². The van der Waals surface area contributed by atoms with E-state index in [-0.39, 0.29) is 0 Å². The minimum Gasteiger partial charge on any atom is -0.375 e. The van der Waals surface area contributed by atoms with Crippen LogP contribution in [-0.2, 0) is 24.3 Å². The number of benzene rings is 3. The molecule has 0 fully saturated rings. The Morgan fingerprint density at radius 1 is 0.786 bits per heavy atom. The minimum atomic E-state index is 0.319. The number of halogens is 2. The lowest BCUT2D eigenvalue weighted by Crippen LogP contribution is -2.37. The van der Waals surface area contributed by atoms with E-state index in [1.807, 2.05) is 0 Å². The Labute approximate surface area is 195 Å². The van der Waals surface area contributed by atoms with Crippen LogP contribution < -0.4 is 0 Å². The van der Waals surface area contributed by atoms with Crippen LogP contribution in [0.25, 0.3) is 0 Å². The Hall–Kier alpha value is -0.960. The van der Waals surface area contributed by atoms with Gasteiger partial charge in [0, 0.05) is 19.7 Å². The van der Waals surface area contributed by atoms with Gasteiger partial charge in [0.1, 0.15) is 0 Å². The number of hydrogen-bond acceptors (Lipinski definition) is 2. The summed E-state index contributed by atoms with van der Waals surface area (Å²) >= 11 is 4.80. The maximum atomic E-state index is 6.18. The van der Waals surface area contributed by atoms with Gasteiger partial charge in [-0.15, -0.1) is 0 Å². The summed E-state index contributed by atoms with van der Waals surface area (Å²) in [5.41, 5.74) is 3.96. The summed E-state index contributed by atoms with van der Waals surface area (Å²) in [6.07, 6.45) is 0.979. The summed E-state index contributed by atoms with van der Waals surface area (Å²) in [4.78, 5) is 2.42. The molecule has 4 heteroatoms. The molecule has 0 aliphatic rings. The van der Waals surface area contributed by atoms with E-state index in [9.17, 15) is 0 Å². The van der Waals surface area contributed by atoms with E-state index < -0.39 is 0 Å². The average molecular weight is 597 g/mol. The van der Waals surface area contributed by atoms with Crippen LogP contribution in [0.5, 0.6) is 0 Å². The molecule has 0 bridgehead atoms. The first-order valence-electron chi connectivity index (χ1n) is 9.42. The molecule has 28 heavy (non-hydrogen) atoms. The summed E-state index contributed by atoms with van der Waals surface area (Å²) in [6, 6.07) is 28.0. The summed E-state index contributed by atoms with van der Waals surface area (Å²) in [5.74, 6) is 0. The molecule has 0 saturated carbocycles. The predicted molar refractivity (Wildman–Crippen MR) is 133 cm³/mol. The molecule has 0 aliphatic carbocycles. The highest BCUT2D eigenvalue weighted by atomic mass is 127. The highest BCUT2D eigenvalue weighted by Gasteiger charge is 2.17. The van der Waals surface area contributed by atoms with Crippen molar-refractivity contribution in [2.45, 2.75) is 25.6 Å². The molecule has 2 nitrogen and oxygen atoms in total. The summed E-state index contributed by atoms with van der Waals surface area (Å²) in [7, 11) is 2.20. The van der Waals surface area contributed by atoms with Crippen molar-refractivity contribution in [3.63, 3.8) is 0 Å². The summed E-state index contributed by atoms with van der Waals surface area (Å²) < 4.78 is 8.74. The van der Waals surface area contributed by atoms with Gasteiger partial charge in [0.2, 0.25) is 0 Å². The zero-order valence-electron chi connectivity index (χ0n) is 16.0. The molecule has 3 rings (SSSR count). The zero-order chi connectivity index (χ0) is 19.8. The van der Waals surface area contributed by atoms with Gasteiger partial charge < -0.3 is 4.74 Å². The summed E-state index contributed by atoms with van der Waals surface area (Å²) in [5, 5.41) is 0. The molecular weight excluding hydrogens is 572 g/mol. The molecule has 1 unspecified atom stereocenters. The van der Waals surface area contributed by atoms with Gasteiger partial charge in [0.15, 0.2) is 0 Å². The van der Waals surface area contributed by atoms with Crippen molar-refractivity contribution in [1.82, 2.24) is 4.90 Å². The molecule has 0 aromatic heterocycles. The van der Waals surface area contributed by atoms with Crippen molar-refractivity contribution in [2.24, 2.45) is 0 Å². The molecular formula is C24H25I2NO. The highest BCUT2D eigenvalue weighted by Crippen LogP contribution is 2.18. The molecule has 0 N–H and O–H groups in total. The van der Waals surface area contributed by atoms with Gasteiger partial charge in [-0.1, -0.05) is 66.7 Å². The van der Waals surface area contributed by atoms with E-state index >= 15 is 0 Å². The van der Waals surface area contributed by atoms with Gasteiger partial charge in [0.25, 0.3) is 0 Å². The van der Waals surface area contributed by atoms with Gasteiger partial charge in [0.05, 0.1) is 13.2 Å². The van der Waals surface area contributed by atoms with Crippen molar-refractivity contribution in [1.29, 1.82) is 0 Å². The first kappa shape index (κ1) is 21.7. The van der Waals surface area contributed by atoms with Crippen LogP contribution in [0.2, 0.25) is 0 Å². The van der Waals surface area contributed by atoms with Gasteiger partial charge >= 0.3 is 0 Å². The van der Waals surface area contributed by atoms with Crippen LogP contribution in [0.4, 0.5) is 0 Å². The molecule has 0 heterocycles. The standard InChI is InChI=1S/C24H25I2NO/c1-27(16-20-11-5-7-13-23(20)25)22(15-19-9-3-2-4-10-19)18-28-17-21-12-6-8-14-24(21)26/h2-14,22H,15-18H2,1H3. The van der Waals surface area contributed by atoms with Gasteiger partial charge in [-0.25, -0.2) is 0 Å². The monoisotopic (exact) mass is 597 g/mol. The van der Waals surface area contributed by atoms with Crippen LogP contribution >= 0.6 is 45.2 Å².